The van der Waals surface area contributed by atoms with Crippen molar-refractivity contribution >= 4 is 17.3 Å². The topological polar surface area (TPSA) is 29.3 Å². The fourth-order valence-electron chi connectivity index (χ4n) is 2.46. The van der Waals surface area contributed by atoms with Gasteiger partial charge >= 0.3 is 0 Å². The maximum absolute atomic E-state index is 14.1. The van der Waals surface area contributed by atoms with Crippen molar-refractivity contribution < 1.29 is 4.39 Å². The summed E-state index contributed by atoms with van der Waals surface area (Å²) in [5.74, 6) is -0.266. The molecule has 0 fully saturated rings. The number of nitrogens with two attached hydrogens (primary N) is 1. The summed E-state index contributed by atoms with van der Waals surface area (Å²) >= 11 is 5.92. The Labute approximate surface area is 130 Å². The SMILES string of the molecule is CC(c1ccc(Cl)cc1)N(C)c1cccc(F)c1[C@H](C)N. The monoisotopic (exact) mass is 306 g/mol. The van der Waals surface area contributed by atoms with Gasteiger partial charge in [-0.05, 0) is 43.7 Å². The molecule has 0 aliphatic rings. The average molecular weight is 307 g/mol. The first-order chi connectivity index (χ1) is 9.91. The molecule has 2 aromatic rings. The first-order valence-electron chi connectivity index (χ1n) is 6.94. The zero-order valence-corrected chi connectivity index (χ0v) is 13.2. The summed E-state index contributed by atoms with van der Waals surface area (Å²) in [6.45, 7) is 3.86. The Hall–Kier alpha value is -1.58. The number of rotatable bonds is 4. The lowest BCUT2D eigenvalue weighted by Crippen LogP contribution is -2.24. The van der Waals surface area contributed by atoms with Crippen molar-refractivity contribution in [3.8, 4) is 0 Å². The molecule has 2 rings (SSSR count). The third kappa shape index (κ3) is 3.36. The molecule has 4 heteroatoms. The number of anilines is 1. The predicted molar refractivity (Wildman–Crippen MR) is 87.3 cm³/mol. The highest BCUT2D eigenvalue weighted by atomic mass is 35.5. The van der Waals surface area contributed by atoms with Crippen molar-refractivity contribution in [3.63, 3.8) is 0 Å². The minimum Gasteiger partial charge on any atom is -0.367 e. The molecular weight excluding hydrogens is 287 g/mol. The van der Waals surface area contributed by atoms with E-state index in [0.29, 0.717) is 10.6 Å². The molecule has 2 atom stereocenters. The van der Waals surface area contributed by atoms with Gasteiger partial charge in [-0.3, -0.25) is 0 Å². The quantitative estimate of drug-likeness (QED) is 0.887. The van der Waals surface area contributed by atoms with E-state index in [4.69, 9.17) is 17.3 Å². The Morgan fingerprint density at radius 2 is 1.71 bits per heavy atom. The average Bonchev–Trinajstić information content (AvgIpc) is 2.46. The van der Waals surface area contributed by atoms with Gasteiger partial charge in [-0.15, -0.1) is 0 Å². The van der Waals surface area contributed by atoms with Crippen molar-refractivity contribution in [2.24, 2.45) is 5.73 Å². The van der Waals surface area contributed by atoms with Crippen LogP contribution in [0.4, 0.5) is 10.1 Å². The second-order valence-electron chi connectivity index (χ2n) is 5.30. The van der Waals surface area contributed by atoms with Crippen LogP contribution in [-0.4, -0.2) is 7.05 Å². The maximum Gasteiger partial charge on any atom is 0.130 e. The smallest absolute Gasteiger partial charge is 0.130 e. The van der Waals surface area contributed by atoms with Crippen molar-refractivity contribution in [1.29, 1.82) is 0 Å². The van der Waals surface area contributed by atoms with Crippen LogP contribution in [0, 0.1) is 5.82 Å². The lowest BCUT2D eigenvalue weighted by atomic mass is 10.0. The fourth-order valence-corrected chi connectivity index (χ4v) is 2.58. The Balaban J connectivity index is 2.37. The highest BCUT2D eigenvalue weighted by Crippen LogP contribution is 2.32. The molecule has 0 bridgehead atoms. The van der Waals surface area contributed by atoms with E-state index >= 15 is 0 Å². The molecule has 0 heterocycles. The summed E-state index contributed by atoms with van der Waals surface area (Å²) < 4.78 is 14.1. The van der Waals surface area contributed by atoms with E-state index < -0.39 is 0 Å². The van der Waals surface area contributed by atoms with E-state index in [2.05, 4.69) is 6.92 Å². The zero-order chi connectivity index (χ0) is 15.6. The highest BCUT2D eigenvalue weighted by molar-refractivity contribution is 6.30. The molecule has 0 radical (unpaired) electrons. The Bertz CT molecular complexity index is 611. The van der Waals surface area contributed by atoms with E-state index in [1.165, 1.54) is 6.07 Å². The van der Waals surface area contributed by atoms with Crippen LogP contribution in [0.15, 0.2) is 42.5 Å². The second kappa shape index (κ2) is 6.46. The molecule has 2 aromatic carbocycles. The third-order valence-electron chi connectivity index (χ3n) is 3.80. The van der Waals surface area contributed by atoms with Crippen LogP contribution in [0.2, 0.25) is 5.02 Å². The van der Waals surface area contributed by atoms with Crippen molar-refractivity contribution in [2.75, 3.05) is 11.9 Å². The number of hydrogen-bond donors (Lipinski definition) is 1. The standard InChI is InChI=1S/C17H20ClFN2/c1-11(20)17-15(19)5-4-6-16(17)21(3)12(2)13-7-9-14(18)10-8-13/h4-12H,20H2,1-3H3/t11-,12?/m0/s1. The van der Waals surface area contributed by atoms with Gasteiger partial charge in [-0.1, -0.05) is 29.8 Å². The summed E-state index contributed by atoms with van der Waals surface area (Å²) in [5.41, 5.74) is 8.40. The number of benzene rings is 2. The van der Waals surface area contributed by atoms with Crippen LogP contribution >= 0.6 is 11.6 Å². The largest absolute Gasteiger partial charge is 0.367 e. The maximum atomic E-state index is 14.1. The Kier molecular flexibility index (Phi) is 4.86. The summed E-state index contributed by atoms with van der Waals surface area (Å²) in [7, 11) is 1.94. The third-order valence-corrected chi connectivity index (χ3v) is 4.05. The van der Waals surface area contributed by atoms with Gasteiger partial charge in [0, 0.05) is 29.4 Å². The molecule has 0 amide bonds. The van der Waals surface area contributed by atoms with Gasteiger partial charge in [-0.2, -0.15) is 0 Å². The highest BCUT2D eigenvalue weighted by Gasteiger charge is 2.19. The van der Waals surface area contributed by atoms with Gasteiger partial charge in [0.25, 0.3) is 0 Å². The molecule has 0 aliphatic heterocycles. The molecule has 0 spiro atoms. The first kappa shape index (κ1) is 15.8. The summed E-state index contributed by atoms with van der Waals surface area (Å²) in [6, 6.07) is 12.5. The van der Waals surface area contributed by atoms with E-state index in [-0.39, 0.29) is 17.9 Å². The predicted octanol–water partition coefficient (Wildman–Crippen LogP) is 4.70. The second-order valence-corrected chi connectivity index (χ2v) is 5.74. The van der Waals surface area contributed by atoms with E-state index in [9.17, 15) is 4.39 Å². The van der Waals surface area contributed by atoms with Crippen LogP contribution in [0.25, 0.3) is 0 Å². The van der Waals surface area contributed by atoms with Crippen LogP contribution < -0.4 is 10.6 Å². The first-order valence-corrected chi connectivity index (χ1v) is 7.32. The molecule has 0 saturated carbocycles. The fraction of sp³-hybridized carbons (Fsp3) is 0.294. The molecule has 1 unspecified atom stereocenters. The summed E-state index contributed by atoms with van der Waals surface area (Å²) in [6.07, 6.45) is 0. The van der Waals surface area contributed by atoms with E-state index in [1.807, 2.05) is 42.3 Å². The minimum absolute atomic E-state index is 0.0848. The van der Waals surface area contributed by atoms with Crippen LogP contribution in [0.3, 0.4) is 0 Å². The van der Waals surface area contributed by atoms with Gasteiger partial charge < -0.3 is 10.6 Å². The number of halogens is 2. The lowest BCUT2D eigenvalue weighted by molar-refractivity contribution is 0.590. The lowest BCUT2D eigenvalue weighted by Gasteiger charge is -2.30. The molecule has 112 valence electrons. The molecule has 0 aliphatic carbocycles. The zero-order valence-electron chi connectivity index (χ0n) is 12.5. The molecule has 0 saturated heterocycles. The number of hydrogen-bond acceptors (Lipinski definition) is 2. The van der Waals surface area contributed by atoms with Crippen molar-refractivity contribution in [3.05, 3.63) is 64.4 Å². The molecule has 21 heavy (non-hydrogen) atoms. The van der Waals surface area contributed by atoms with Gasteiger partial charge in [-0.25, -0.2) is 4.39 Å². The van der Waals surface area contributed by atoms with E-state index in [1.54, 1.807) is 13.0 Å². The van der Waals surface area contributed by atoms with Gasteiger partial charge in [0.05, 0.1) is 6.04 Å². The van der Waals surface area contributed by atoms with Gasteiger partial charge in [0.15, 0.2) is 0 Å². The Morgan fingerprint density at radius 1 is 1.10 bits per heavy atom. The van der Waals surface area contributed by atoms with Crippen LogP contribution in [-0.2, 0) is 0 Å². The minimum atomic E-state index is -0.360. The number of nitrogens with zero attached hydrogens (tertiary/aromatic N) is 1. The van der Waals surface area contributed by atoms with Crippen LogP contribution in [0.5, 0.6) is 0 Å². The molecule has 2 nitrogen and oxygen atoms in total. The molecule has 2 N–H and O–H groups in total. The van der Waals surface area contributed by atoms with Crippen molar-refractivity contribution in [1.82, 2.24) is 0 Å². The van der Waals surface area contributed by atoms with Gasteiger partial charge in [0.2, 0.25) is 0 Å². The normalized spacial score (nSPS) is 13.8. The molecular formula is C17H20ClFN2. The van der Waals surface area contributed by atoms with Crippen molar-refractivity contribution in [2.45, 2.75) is 25.9 Å². The molecule has 0 aromatic heterocycles. The summed E-state index contributed by atoms with van der Waals surface area (Å²) in [5, 5.41) is 0.704. The van der Waals surface area contributed by atoms with E-state index in [0.717, 1.165) is 11.3 Å². The summed E-state index contributed by atoms with van der Waals surface area (Å²) in [4.78, 5) is 2.03. The van der Waals surface area contributed by atoms with Gasteiger partial charge in [0.1, 0.15) is 5.82 Å². The van der Waals surface area contributed by atoms with Crippen LogP contribution in [0.1, 0.15) is 37.1 Å². The Morgan fingerprint density at radius 3 is 2.29 bits per heavy atom.